The van der Waals surface area contributed by atoms with Crippen molar-refractivity contribution in [1.82, 2.24) is 19.9 Å². The van der Waals surface area contributed by atoms with Crippen LogP contribution in [0.2, 0.25) is 5.15 Å². The smallest absolute Gasteiger partial charge is 0.138 e. The molecule has 0 spiro atoms. The second-order valence-electron chi connectivity index (χ2n) is 5.22. The Bertz CT molecular complexity index is 612. The van der Waals surface area contributed by atoms with Crippen LogP contribution in [0.5, 0.6) is 5.75 Å². The summed E-state index contributed by atoms with van der Waals surface area (Å²) in [6.45, 7) is 1.81. The number of pyridine rings is 1. The van der Waals surface area contributed by atoms with Gasteiger partial charge in [0.25, 0.3) is 0 Å². The number of likely N-dealkylation sites (N-methyl/N-ethyl adjacent to an activating group) is 1. The summed E-state index contributed by atoms with van der Waals surface area (Å²) >= 11 is 6.15. The van der Waals surface area contributed by atoms with Gasteiger partial charge in [0.15, 0.2) is 0 Å². The van der Waals surface area contributed by atoms with E-state index in [-0.39, 0.29) is 12.4 Å². The van der Waals surface area contributed by atoms with Crippen molar-refractivity contribution in [2.24, 2.45) is 0 Å². The minimum atomic E-state index is 0. The van der Waals surface area contributed by atoms with E-state index in [9.17, 15) is 0 Å². The van der Waals surface area contributed by atoms with E-state index < -0.39 is 0 Å². The molecule has 2 aromatic heterocycles. The van der Waals surface area contributed by atoms with E-state index in [1.807, 2.05) is 6.07 Å². The Balaban J connectivity index is 0.00000176. The summed E-state index contributed by atoms with van der Waals surface area (Å²) in [5, 5.41) is 0.426. The molecule has 1 fully saturated rings. The van der Waals surface area contributed by atoms with Crippen LogP contribution in [0.3, 0.4) is 0 Å². The Morgan fingerprint density at radius 3 is 2.77 bits per heavy atom. The fourth-order valence-electron chi connectivity index (χ4n) is 2.53. The van der Waals surface area contributed by atoms with Crippen molar-refractivity contribution in [2.45, 2.75) is 18.9 Å². The van der Waals surface area contributed by atoms with E-state index in [0.29, 0.717) is 17.8 Å². The first kappa shape index (κ1) is 16.9. The lowest BCUT2D eigenvalue weighted by atomic mass is 10.1. The van der Waals surface area contributed by atoms with E-state index in [4.69, 9.17) is 16.3 Å². The van der Waals surface area contributed by atoms with Crippen LogP contribution in [-0.4, -0.2) is 46.1 Å². The third-order valence-corrected chi connectivity index (χ3v) is 4.10. The number of nitrogens with zero attached hydrogens (tertiary/aromatic N) is 4. The minimum Gasteiger partial charge on any atom is -0.490 e. The second kappa shape index (κ2) is 7.72. The molecule has 0 amide bonds. The lowest BCUT2D eigenvalue weighted by Crippen LogP contribution is -2.30. The first-order chi connectivity index (χ1) is 10.2. The van der Waals surface area contributed by atoms with E-state index >= 15 is 0 Å². The molecular formula is C15H18Cl2N4O. The molecule has 0 N–H and O–H groups in total. The molecule has 22 heavy (non-hydrogen) atoms. The van der Waals surface area contributed by atoms with Crippen molar-refractivity contribution < 1.29 is 4.74 Å². The molecule has 5 nitrogen and oxygen atoms in total. The summed E-state index contributed by atoms with van der Waals surface area (Å²) in [4.78, 5) is 14.5. The van der Waals surface area contributed by atoms with Crippen LogP contribution < -0.4 is 4.74 Å². The number of ether oxygens (including phenoxy) is 1. The Labute approximate surface area is 141 Å². The van der Waals surface area contributed by atoms with Gasteiger partial charge >= 0.3 is 0 Å². The normalized spacial score (nSPS) is 18.0. The second-order valence-corrected chi connectivity index (χ2v) is 5.58. The van der Waals surface area contributed by atoms with Gasteiger partial charge in [-0.2, -0.15) is 0 Å². The molecule has 1 saturated heterocycles. The SMILES string of the molecule is CN1CCC[C@@H]1COc1cnc(Cl)c(-c2cncnc2)c1.Cl. The number of hydrogen-bond acceptors (Lipinski definition) is 5. The van der Waals surface area contributed by atoms with Crippen molar-refractivity contribution in [3.05, 3.63) is 36.1 Å². The molecule has 3 rings (SSSR count). The summed E-state index contributed by atoms with van der Waals surface area (Å²) in [5.41, 5.74) is 1.62. The molecule has 1 aliphatic rings. The summed E-state index contributed by atoms with van der Waals surface area (Å²) < 4.78 is 5.87. The molecule has 1 aliphatic heterocycles. The third kappa shape index (κ3) is 3.85. The molecule has 118 valence electrons. The first-order valence-corrected chi connectivity index (χ1v) is 7.36. The van der Waals surface area contributed by atoms with Crippen LogP contribution in [0, 0.1) is 0 Å². The van der Waals surface area contributed by atoms with Crippen molar-refractivity contribution in [1.29, 1.82) is 0 Å². The van der Waals surface area contributed by atoms with Gasteiger partial charge in [0.1, 0.15) is 23.8 Å². The molecule has 7 heteroatoms. The lowest BCUT2D eigenvalue weighted by Gasteiger charge is -2.19. The monoisotopic (exact) mass is 340 g/mol. The fourth-order valence-corrected chi connectivity index (χ4v) is 2.74. The highest BCUT2D eigenvalue weighted by atomic mass is 35.5. The molecule has 1 atom stereocenters. The number of hydrogen-bond donors (Lipinski definition) is 0. The van der Waals surface area contributed by atoms with Gasteiger partial charge < -0.3 is 9.64 Å². The van der Waals surface area contributed by atoms with E-state index in [2.05, 4.69) is 26.9 Å². The number of rotatable bonds is 4. The number of halogens is 2. The van der Waals surface area contributed by atoms with Gasteiger partial charge in [-0.05, 0) is 32.5 Å². The Kier molecular flexibility index (Phi) is 5.94. The average Bonchev–Trinajstić information content (AvgIpc) is 2.93. The largest absolute Gasteiger partial charge is 0.490 e. The summed E-state index contributed by atoms with van der Waals surface area (Å²) in [7, 11) is 2.13. The molecule has 0 bridgehead atoms. The maximum atomic E-state index is 6.15. The highest BCUT2D eigenvalue weighted by Crippen LogP contribution is 2.29. The van der Waals surface area contributed by atoms with Crippen LogP contribution >= 0.6 is 24.0 Å². The average molecular weight is 341 g/mol. The zero-order valence-corrected chi connectivity index (χ0v) is 13.8. The third-order valence-electron chi connectivity index (χ3n) is 3.80. The van der Waals surface area contributed by atoms with E-state index in [0.717, 1.165) is 23.4 Å². The first-order valence-electron chi connectivity index (χ1n) is 6.98. The zero-order valence-electron chi connectivity index (χ0n) is 12.3. The predicted molar refractivity (Wildman–Crippen MR) is 88.7 cm³/mol. The van der Waals surface area contributed by atoms with Crippen molar-refractivity contribution in [3.8, 4) is 16.9 Å². The van der Waals surface area contributed by atoms with Crippen LogP contribution in [-0.2, 0) is 0 Å². The Morgan fingerprint density at radius 1 is 1.32 bits per heavy atom. The van der Waals surface area contributed by atoms with Crippen LogP contribution in [0.4, 0.5) is 0 Å². The summed E-state index contributed by atoms with van der Waals surface area (Å²) in [6, 6.07) is 2.37. The molecule has 0 saturated carbocycles. The molecule has 0 aliphatic carbocycles. The van der Waals surface area contributed by atoms with Crippen LogP contribution in [0.1, 0.15) is 12.8 Å². The highest BCUT2D eigenvalue weighted by Gasteiger charge is 2.21. The molecule has 0 radical (unpaired) electrons. The maximum Gasteiger partial charge on any atom is 0.138 e. The Hall–Kier alpha value is -1.43. The molecule has 2 aromatic rings. The molecule has 0 unspecified atom stereocenters. The number of likely N-dealkylation sites (tertiary alicyclic amines) is 1. The highest BCUT2D eigenvalue weighted by molar-refractivity contribution is 6.32. The van der Waals surface area contributed by atoms with Crippen molar-refractivity contribution in [3.63, 3.8) is 0 Å². The summed E-state index contributed by atoms with van der Waals surface area (Å²) in [5.74, 6) is 0.721. The van der Waals surface area contributed by atoms with Crippen molar-refractivity contribution in [2.75, 3.05) is 20.2 Å². The van der Waals surface area contributed by atoms with E-state index in [1.54, 1.807) is 18.6 Å². The van der Waals surface area contributed by atoms with Crippen LogP contribution in [0.15, 0.2) is 31.0 Å². The van der Waals surface area contributed by atoms with Gasteiger partial charge in [-0.25, -0.2) is 15.0 Å². The van der Waals surface area contributed by atoms with Gasteiger partial charge in [0.05, 0.1) is 6.20 Å². The molecule has 0 aromatic carbocycles. The van der Waals surface area contributed by atoms with Gasteiger partial charge in [0.2, 0.25) is 0 Å². The van der Waals surface area contributed by atoms with Gasteiger partial charge in [-0.3, -0.25) is 0 Å². The fraction of sp³-hybridized carbons (Fsp3) is 0.400. The zero-order chi connectivity index (χ0) is 14.7. The quantitative estimate of drug-likeness (QED) is 0.800. The van der Waals surface area contributed by atoms with Crippen LogP contribution in [0.25, 0.3) is 11.1 Å². The van der Waals surface area contributed by atoms with Gasteiger partial charge in [-0.15, -0.1) is 12.4 Å². The number of aromatic nitrogens is 3. The molecule has 3 heterocycles. The van der Waals surface area contributed by atoms with E-state index in [1.165, 1.54) is 19.2 Å². The predicted octanol–water partition coefficient (Wildman–Crippen LogP) is 3.09. The Morgan fingerprint density at radius 2 is 2.09 bits per heavy atom. The summed E-state index contributed by atoms with van der Waals surface area (Å²) in [6.07, 6.45) is 8.98. The standard InChI is InChI=1S/C15H17ClN4O.ClH/c1-20-4-2-3-12(20)9-21-13-5-14(15(16)19-8-13)11-6-17-10-18-7-11;/h5-8,10,12H,2-4,9H2,1H3;1H/t12-;/m1./s1. The molecular weight excluding hydrogens is 323 g/mol. The van der Waals surface area contributed by atoms with Gasteiger partial charge in [-0.1, -0.05) is 11.6 Å². The topological polar surface area (TPSA) is 51.1 Å². The van der Waals surface area contributed by atoms with Crippen molar-refractivity contribution >= 4 is 24.0 Å². The lowest BCUT2D eigenvalue weighted by molar-refractivity contribution is 0.198. The van der Waals surface area contributed by atoms with Gasteiger partial charge in [0, 0.05) is 29.6 Å². The minimum absolute atomic E-state index is 0. The maximum absolute atomic E-state index is 6.15.